The van der Waals surface area contributed by atoms with Crippen molar-refractivity contribution in [3.63, 3.8) is 0 Å². The molecule has 2 heterocycles. The molecule has 25 heavy (non-hydrogen) atoms. The minimum atomic E-state index is 0.486. The predicted molar refractivity (Wildman–Crippen MR) is 94.2 cm³/mol. The Morgan fingerprint density at radius 2 is 1.80 bits per heavy atom. The van der Waals surface area contributed by atoms with Gasteiger partial charge in [-0.1, -0.05) is 12.1 Å². The van der Waals surface area contributed by atoms with E-state index in [-0.39, 0.29) is 0 Å². The lowest BCUT2D eigenvalue weighted by Crippen LogP contribution is -1.98. The van der Waals surface area contributed by atoms with Crippen LogP contribution in [0.5, 0.6) is 23.1 Å². The van der Waals surface area contributed by atoms with Crippen LogP contribution in [0.1, 0.15) is 12.6 Å². The van der Waals surface area contributed by atoms with Gasteiger partial charge in [-0.25, -0.2) is 4.98 Å². The summed E-state index contributed by atoms with van der Waals surface area (Å²) in [5.74, 6) is 2.94. The molecule has 0 atom stereocenters. The summed E-state index contributed by atoms with van der Waals surface area (Å²) in [6, 6.07) is 12.9. The maximum atomic E-state index is 5.96. The Morgan fingerprint density at radius 3 is 2.56 bits per heavy atom. The summed E-state index contributed by atoms with van der Waals surface area (Å²) in [6.45, 7) is 4.38. The van der Waals surface area contributed by atoms with Gasteiger partial charge in [-0.2, -0.15) is 4.98 Å². The van der Waals surface area contributed by atoms with Crippen LogP contribution in [0, 0.1) is 6.92 Å². The van der Waals surface area contributed by atoms with Crippen molar-refractivity contribution in [2.24, 2.45) is 0 Å². The van der Waals surface area contributed by atoms with Gasteiger partial charge < -0.3 is 14.2 Å². The molecular formula is C19H19N3O3. The highest BCUT2D eigenvalue weighted by Gasteiger charge is 2.10. The lowest BCUT2D eigenvalue weighted by molar-refractivity contribution is 0.321. The highest BCUT2D eigenvalue weighted by atomic mass is 16.5. The summed E-state index contributed by atoms with van der Waals surface area (Å²) < 4.78 is 16.7. The third kappa shape index (κ3) is 4.03. The lowest BCUT2D eigenvalue weighted by atomic mass is 10.3. The molecule has 0 bridgehead atoms. The predicted octanol–water partition coefficient (Wildman–Crippen LogP) is 4.05. The van der Waals surface area contributed by atoms with E-state index in [9.17, 15) is 0 Å². The minimum Gasteiger partial charge on any atom is -0.490 e. The van der Waals surface area contributed by atoms with Crippen LogP contribution in [-0.4, -0.2) is 28.7 Å². The molecule has 3 rings (SSSR count). The second-order valence-electron chi connectivity index (χ2n) is 5.23. The third-order valence-corrected chi connectivity index (χ3v) is 3.38. The fraction of sp³-hybridized carbons (Fsp3) is 0.211. The van der Waals surface area contributed by atoms with Crippen molar-refractivity contribution in [2.75, 3.05) is 13.7 Å². The van der Waals surface area contributed by atoms with Gasteiger partial charge in [0.25, 0.3) is 0 Å². The van der Waals surface area contributed by atoms with E-state index in [4.69, 9.17) is 14.2 Å². The first-order valence-corrected chi connectivity index (χ1v) is 7.95. The van der Waals surface area contributed by atoms with Gasteiger partial charge in [-0.15, -0.1) is 0 Å². The maximum absolute atomic E-state index is 5.96. The number of pyridine rings is 1. The first-order chi connectivity index (χ1) is 12.2. The smallest absolute Gasteiger partial charge is 0.216 e. The Labute approximate surface area is 146 Å². The Hall–Kier alpha value is -3.15. The van der Waals surface area contributed by atoms with Gasteiger partial charge in [0.2, 0.25) is 5.88 Å². The van der Waals surface area contributed by atoms with Crippen molar-refractivity contribution < 1.29 is 14.2 Å². The normalized spacial score (nSPS) is 10.4. The van der Waals surface area contributed by atoms with Crippen LogP contribution in [0.25, 0.3) is 11.5 Å². The van der Waals surface area contributed by atoms with Crippen LogP contribution in [-0.2, 0) is 0 Å². The third-order valence-electron chi connectivity index (χ3n) is 3.38. The molecule has 0 saturated heterocycles. The van der Waals surface area contributed by atoms with E-state index < -0.39 is 0 Å². The Bertz CT molecular complexity index is 868. The van der Waals surface area contributed by atoms with Crippen molar-refractivity contribution >= 4 is 0 Å². The number of benzene rings is 1. The number of ether oxygens (including phenoxy) is 3. The molecule has 0 radical (unpaired) electrons. The van der Waals surface area contributed by atoms with Crippen LogP contribution in [0.2, 0.25) is 0 Å². The summed E-state index contributed by atoms with van der Waals surface area (Å²) in [4.78, 5) is 13.1. The molecular weight excluding hydrogens is 318 g/mol. The van der Waals surface area contributed by atoms with E-state index in [2.05, 4.69) is 15.0 Å². The molecule has 3 aromatic rings. The SMILES string of the molecule is CCOc1ccccc1Oc1ccnc(-c2nc(C)cc(OC)n2)c1. The van der Waals surface area contributed by atoms with Gasteiger partial charge in [0.1, 0.15) is 11.4 Å². The number of aryl methyl sites for hydroxylation is 1. The van der Waals surface area contributed by atoms with Crippen LogP contribution in [0.3, 0.4) is 0 Å². The van der Waals surface area contributed by atoms with E-state index in [1.807, 2.05) is 38.1 Å². The van der Waals surface area contributed by atoms with Gasteiger partial charge in [-0.05, 0) is 32.0 Å². The summed E-state index contributed by atoms with van der Waals surface area (Å²) in [6.07, 6.45) is 1.66. The van der Waals surface area contributed by atoms with Gasteiger partial charge in [-0.3, -0.25) is 4.98 Å². The molecule has 1 aromatic carbocycles. The molecule has 0 aliphatic rings. The molecule has 0 N–H and O–H groups in total. The van der Waals surface area contributed by atoms with Crippen molar-refractivity contribution in [3.8, 4) is 34.6 Å². The molecule has 0 fully saturated rings. The fourth-order valence-corrected chi connectivity index (χ4v) is 2.29. The monoisotopic (exact) mass is 337 g/mol. The average Bonchev–Trinajstić information content (AvgIpc) is 2.63. The van der Waals surface area contributed by atoms with E-state index >= 15 is 0 Å². The van der Waals surface area contributed by atoms with Crippen LogP contribution in [0.4, 0.5) is 0 Å². The van der Waals surface area contributed by atoms with Crippen LogP contribution < -0.4 is 14.2 Å². The molecule has 6 heteroatoms. The molecule has 0 saturated carbocycles. The van der Waals surface area contributed by atoms with Gasteiger partial charge in [0, 0.05) is 24.0 Å². The first kappa shape index (κ1) is 16.7. The highest BCUT2D eigenvalue weighted by molar-refractivity contribution is 5.53. The largest absolute Gasteiger partial charge is 0.490 e. The van der Waals surface area contributed by atoms with E-state index in [1.165, 1.54) is 0 Å². The summed E-state index contributed by atoms with van der Waals surface area (Å²) in [5, 5.41) is 0. The van der Waals surface area contributed by atoms with Gasteiger partial charge >= 0.3 is 0 Å². The summed E-state index contributed by atoms with van der Waals surface area (Å²) >= 11 is 0. The van der Waals surface area contributed by atoms with Crippen LogP contribution in [0.15, 0.2) is 48.7 Å². The maximum Gasteiger partial charge on any atom is 0.216 e. The van der Waals surface area contributed by atoms with Gasteiger partial charge in [0.15, 0.2) is 17.3 Å². The minimum absolute atomic E-state index is 0.486. The molecule has 0 aliphatic heterocycles. The first-order valence-electron chi connectivity index (χ1n) is 7.95. The fourth-order valence-electron chi connectivity index (χ4n) is 2.29. The average molecular weight is 337 g/mol. The molecule has 0 unspecified atom stereocenters. The zero-order valence-electron chi connectivity index (χ0n) is 14.4. The quantitative estimate of drug-likeness (QED) is 0.676. The number of para-hydroxylation sites is 2. The Morgan fingerprint density at radius 1 is 1.00 bits per heavy atom. The second-order valence-corrected chi connectivity index (χ2v) is 5.23. The number of hydrogen-bond acceptors (Lipinski definition) is 6. The Balaban J connectivity index is 1.91. The van der Waals surface area contributed by atoms with E-state index in [0.29, 0.717) is 41.3 Å². The number of aromatic nitrogens is 3. The zero-order chi connectivity index (χ0) is 17.6. The molecule has 128 valence electrons. The van der Waals surface area contributed by atoms with Crippen molar-refractivity contribution in [3.05, 3.63) is 54.4 Å². The zero-order valence-corrected chi connectivity index (χ0v) is 14.4. The highest BCUT2D eigenvalue weighted by Crippen LogP contribution is 2.32. The lowest BCUT2D eigenvalue weighted by Gasteiger charge is -2.11. The molecule has 0 aliphatic carbocycles. The van der Waals surface area contributed by atoms with Crippen molar-refractivity contribution in [1.82, 2.24) is 15.0 Å². The van der Waals surface area contributed by atoms with Gasteiger partial charge in [0.05, 0.1) is 13.7 Å². The second kappa shape index (κ2) is 7.61. The number of rotatable bonds is 6. The van der Waals surface area contributed by atoms with E-state index in [0.717, 1.165) is 5.69 Å². The Kier molecular flexibility index (Phi) is 5.09. The number of methoxy groups -OCH3 is 1. The van der Waals surface area contributed by atoms with E-state index in [1.54, 1.807) is 31.5 Å². The number of hydrogen-bond donors (Lipinski definition) is 0. The molecule has 0 spiro atoms. The molecule has 6 nitrogen and oxygen atoms in total. The standard InChI is InChI=1S/C19H19N3O3/c1-4-24-16-7-5-6-8-17(16)25-14-9-10-20-15(12-14)19-21-13(2)11-18(22-19)23-3/h5-12H,4H2,1-3H3. The van der Waals surface area contributed by atoms with Crippen molar-refractivity contribution in [2.45, 2.75) is 13.8 Å². The molecule has 2 aromatic heterocycles. The van der Waals surface area contributed by atoms with Crippen molar-refractivity contribution in [1.29, 1.82) is 0 Å². The number of nitrogens with zero attached hydrogens (tertiary/aromatic N) is 3. The molecule has 0 amide bonds. The van der Waals surface area contributed by atoms with Crippen LogP contribution >= 0.6 is 0 Å². The topological polar surface area (TPSA) is 66.4 Å². The summed E-state index contributed by atoms with van der Waals surface area (Å²) in [7, 11) is 1.57. The summed E-state index contributed by atoms with van der Waals surface area (Å²) in [5.41, 5.74) is 1.41.